The van der Waals surface area contributed by atoms with Crippen LogP contribution in [0.1, 0.15) is 28.6 Å². The summed E-state index contributed by atoms with van der Waals surface area (Å²) >= 11 is 0. The van der Waals surface area contributed by atoms with Gasteiger partial charge in [0.25, 0.3) is 5.91 Å². The fourth-order valence-corrected chi connectivity index (χ4v) is 1.87. The normalized spacial score (nSPS) is 10.2. The van der Waals surface area contributed by atoms with Crippen molar-refractivity contribution in [3.63, 3.8) is 0 Å². The summed E-state index contributed by atoms with van der Waals surface area (Å²) in [6.45, 7) is 1.66. The number of carbonyl (C=O) groups excluding carboxylic acids is 2. The number of hydrogen-bond donors (Lipinski definition) is 2. The minimum atomic E-state index is -0.431. The molecule has 1 heterocycles. The van der Waals surface area contributed by atoms with Crippen molar-refractivity contribution in [2.45, 2.75) is 20.0 Å². The molecule has 3 N–H and O–H groups in total. The van der Waals surface area contributed by atoms with Crippen LogP contribution in [0.2, 0.25) is 0 Å². The molecule has 0 saturated heterocycles. The van der Waals surface area contributed by atoms with Crippen LogP contribution >= 0.6 is 0 Å². The SMILES string of the molecule is CC(=O)Cc1ccc(OCc2occc2C(=O)NN)cc1. The molecule has 0 bridgehead atoms. The van der Waals surface area contributed by atoms with E-state index in [1.165, 1.54) is 12.3 Å². The van der Waals surface area contributed by atoms with Gasteiger partial charge in [-0.3, -0.25) is 15.0 Å². The molecule has 21 heavy (non-hydrogen) atoms. The highest BCUT2D eigenvalue weighted by Gasteiger charge is 2.14. The van der Waals surface area contributed by atoms with E-state index in [4.69, 9.17) is 15.0 Å². The number of ether oxygens (including phenoxy) is 1. The Balaban J connectivity index is 1.98. The third-order valence-corrected chi connectivity index (χ3v) is 2.87. The van der Waals surface area contributed by atoms with Gasteiger partial charge in [0.15, 0.2) is 5.76 Å². The van der Waals surface area contributed by atoms with Gasteiger partial charge in [-0.25, -0.2) is 5.84 Å². The quantitative estimate of drug-likeness (QED) is 0.478. The first-order chi connectivity index (χ1) is 10.1. The maximum atomic E-state index is 11.5. The Kier molecular flexibility index (Phi) is 4.73. The van der Waals surface area contributed by atoms with Gasteiger partial charge in [0.1, 0.15) is 18.1 Å². The van der Waals surface area contributed by atoms with Crippen molar-refractivity contribution >= 4 is 11.7 Å². The minimum absolute atomic E-state index is 0.108. The van der Waals surface area contributed by atoms with E-state index in [-0.39, 0.29) is 12.4 Å². The van der Waals surface area contributed by atoms with Crippen molar-refractivity contribution < 1.29 is 18.7 Å². The number of furan rings is 1. The molecule has 0 aliphatic carbocycles. The molecular formula is C15H16N2O4. The molecule has 0 spiro atoms. The Hall–Kier alpha value is -2.60. The molecule has 0 radical (unpaired) electrons. The van der Waals surface area contributed by atoms with Crippen LogP contribution in [-0.2, 0) is 17.8 Å². The number of nitrogen functional groups attached to an aromatic ring is 1. The van der Waals surface area contributed by atoms with Crippen LogP contribution in [0.15, 0.2) is 41.0 Å². The van der Waals surface area contributed by atoms with Crippen LogP contribution < -0.4 is 16.0 Å². The summed E-state index contributed by atoms with van der Waals surface area (Å²) in [4.78, 5) is 22.5. The number of hydrazine groups is 1. The van der Waals surface area contributed by atoms with E-state index >= 15 is 0 Å². The third kappa shape index (κ3) is 3.93. The van der Waals surface area contributed by atoms with Crippen molar-refractivity contribution in [3.8, 4) is 5.75 Å². The highest BCUT2D eigenvalue weighted by molar-refractivity contribution is 5.94. The summed E-state index contributed by atoms with van der Waals surface area (Å²) in [5.41, 5.74) is 3.31. The molecular weight excluding hydrogens is 272 g/mol. The molecule has 0 unspecified atom stereocenters. The Morgan fingerprint density at radius 2 is 1.95 bits per heavy atom. The number of nitrogens with two attached hydrogens (primary N) is 1. The van der Waals surface area contributed by atoms with Gasteiger partial charge >= 0.3 is 0 Å². The number of carbonyl (C=O) groups is 2. The molecule has 2 aromatic rings. The fraction of sp³-hybridized carbons (Fsp3) is 0.200. The molecule has 6 nitrogen and oxygen atoms in total. The number of amides is 1. The average Bonchev–Trinajstić information content (AvgIpc) is 2.93. The number of nitrogens with one attached hydrogen (secondary N) is 1. The van der Waals surface area contributed by atoms with Crippen LogP contribution in [0.3, 0.4) is 0 Å². The zero-order valence-corrected chi connectivity index (χ0v) is 11.6. The molecule has 2 rings (SSSR count). The molecule has 6 heteroatoms. The summed E-state index contributed by atoms with van der Waals surface area (Å²) < 4.78 is 10.7. The monoisotopic (exact) mass is 288 g/mol. The zero-order chi connectivity index (χ0) is 15.2. The van der Waals surface area contributed by atoms with Crippen molar-refractivity contribution in [2.24, 2.45) is 5.84 Å². The predicted octanol–water partition coefficient (Wildman–Crippen LogP) is 1.59. The third-order valence-electron chi connectivity index (χ3n) is 2.87. The molecule has 110 valence electrons. The molecule has 0 aliphatic heterocycles. The number of ketones is 1. The van der Waals surface area contributed by atoms with Crippen LogP contribution in [0, 0.1) is 0 Å². The van der Waals surface area contributed by atoms with Crippen LogP contribution in [0.4, 0.5) is 0 Å². The van der Waals surface area contributed by atoms with Gasteiger partial charge in [0.05, 0.1) is 11.8 Å². The van der Waals surface area contributed by atoms with Gasteiger partial charge in [-0.15, -0.1) is 0 Å². The highest BCUT2D eigenvalue weighted by atomic mass is 16.5. The fourth-order valence-electron chi connectivity index (χ4n) is 1.87. The summed E-state index contributed by atoms with van der Waals surface area (Å²) in [6.07, 6.45) is 1.80. The lowest BCUT2D eigenvalue weighted by molar-refractivity contribution is -0.116. The highest BCUT2D eigenvalue weighted by Crippen LogP contribution is 2.17. The maximum absolute atomic E-state index is 11.5. The van der Waals surface area contributed by atoms with Gasteiger partial charge in [-0.2, -0.15) is 0 Å². The Morgan fingerprint density at radius 1 is 1.24 bits per heavy atom. The van der Waals surface area contributed by atoms with Crippen LogP contribution in [-0.4, -0.2) is 11.7 Å². The molecule has 1 aromatic carbocycles. The smallest absolute Gasteiger partial charge is 0.268 e. The Morgan fingerprint density at radius 3 is 2.57 bits per heavy atom. The number of Topliss-reactive ketones (excluding diaryl/α,β-unsaturated/α-hetero) is 1. The Labute approximate surface area is 121 Å². The van der Waals surface area contributed by atoms with E-state index in [9.17, 15) is 9.59 Å². The first-order valence-electron chi connectivity index (χ1n) is 6.38. The van der Waals surface area contributed by atoms with Gasteiger partial charge in [-0.05, 0) is 30.7 Å². The summed E-state index contributed by atoms with van der Waals surface area (Å²) in [6, 6.07) is 8.71. The molecule has 0 aliphatic rings. The largest absolute Gasteiger partial charge is 0.486 e. The van der Waals surface area contributed by atoms with E-state index < -0.39 is 5.91 Å². The Bertz CT molecular complexity index is 631. The van der Waals surface area contributed by atoms with E-state index in [0.29, 0.717) is 23.5 Å². The molecule has 0 atom stereocenters. The molecule has 0 saturated carbocycles. The number of rotatable bonds is 6. The maximum Gasteiger partial charge on any atom is 0.268 e. The van der Waals surface area contributed by atoms with Gasteiger partial charge < -0.3 is 9.15 Å². The van der Waals surface area contributed by atoms with Gasteiger partial charge in [-0.1, -0.05) is 12.1 Å². The lowest BCUT2D eigenvalue weighted by atomic mass is 10.1. The first kappa shape index (κ1) is 14.8. The van der Waals surface area contributed by atoms with Crippen molar-refractivity contribution in [1.29, 1.82) is 0 Å². The van der Waals surface area contributed by atoms with E-state index in [1.807, 2.05) is 17.6 Å². The predicted molar refractivity (Wildman–Crippen MR) is 75.5 cm³/mol. The lowest BCUT2D eigenvalue weighted by Gasteiger charge is -2.06. The summed E-state index contributed by atoms with van der Waals surface area (Å²) in [5.74, 6) is 5.78. The number of benzene rings is 1. The molecule has 0 fully saturated rings. The van der Waals surface area contributed by atoms with E-state index in [0.717, 1.165) is 5.56 Å². The second-order valence-electron chi connectivity index (χ2n) is 4.54. The molecule has 1 aromatic heterocycles. The van der Waals surface area contributed by atoms with Crippen molar-refractivity contribution in [1.82, 2.24) is 5.43 Å². The van der Waals surface area contributed by atoms with Gasteiger partial charge in [0, 0.05) is 6.42 Å². The first-order valence-corrected chi connectivity index (χ1v) is 6.38. The van der Waals surface area contributed by atoms with Crippen molar-refractivity contribution in [3.05, 3.63) is 53.5 Å². The number of hydrogen-bond acceptors (Lipinski definition) is 5. The van der Waals surface area contributed by atoms with Crippen LogP contribution in [0.25, 0.3) is 0 Å². The van der Waals surface area contributed by atoms with Crippen LogP contribution in [0.5, 0.6) is 5.75 Å². The second-order valence-corrected chi connectivity index (χ2v) is 4.54. The average molecular weight is 288 g/mol. The summed E-state index contributed by atoms with van der Waals surface area (Å²) in [7, 11) is 0. The molecule has 1 amide bonds. The van der Waals surface area contributed by atoms with Gasteiger partial charge in [0.2, 0.25) is 0 Å². The standard InChI is InChI=1S/C15H16N2O4/c1-10(18)8-11-2-4-12(5-3-11)21-9-14-13(6-7-20-14)15(19)17-16/h2-7H,8-9,16H2,1H3,(H,17,19). The minimum Gasteiger partial charge on any atom is -0.486 e. The van der Waals surface area contributed by atoms with E-state index in [2.05, 4.69) is 0 Å². The van der Waals surface area contributed by atoms with E-state index in [1.54, 1.807) is 19.1 Å². The lowest BCUT2D eigenvalue weighted by Crippen LogP contribution is -2.30. The topological polar surface area (TPSA) is 94.6 Å². The second kappa shape index (κ2) is 6.71. The zero-order valence-electron chi connectivity index (χ0n) is 11.6. The summed E-state index contributed by atoms with van der Waals surface area (Å²) in [5, 5.41) is 0. The van der Waals surface area contributed by atoms with Crippen molar-refractivity contribution in [2.75, 3.05) is 0 Å².